The summed E-state index contributed by atoms with van der Waals surface area (Å²) in [4.78, 5) is 60.3. The minimum Gasteiger partial charge on any atom is -0.463 e. The van der Waals surface area contributed by atoms with E-state index in [0.29, 0.717) is 24.9 Å². The fraction of sp³-hybridized carbons (Fsp3) is 0.811. The van der Waals surface area contributed by atoms with Gasteiger partial charge in [-0.15, -0.1) is 0 Å². The van der Waals surface area contributed by atoms with Crippen molar-refractivity contribution in [2.45, 2.75) is 142 Å². The van der Waals surface area contributed by atoms with Crippen molar-refractivity contribution in [2.75, 3.05) is 13.2 Å². The maximum atomic E-state index is 12.6. The highest BCUT2D eigenvalue weighted by molar-refractivity contribution is 5.85. The van der Waals surface area contributed by atoms with E-state index >= 15 is 0 Å². The van der Waals surface area contributed by atoms with Gasteiger partial charge in [-0.1, -0.05) is 13.8 Å². The van der Waals surface area contributed by atoms with E-state index in [2.05, 4.69) is 13.8 Å². The van der Waals surface area contributed by atoms with Crippen LogP contribution < -0.4 is 0 Å². The van der Waals surface area contributed by atoms with E-state index in [4.69, 9.17) is 33.2 Å². The number of fused-ring (bicyclic) bond motifs is 5. The van der Waals surface area contributed by atoms with E-state index in [-0.39, 0.29) is 41.3 Å². The topological polar surface area (TPSA) is 170 Å². The number of aliphatic hydroxyl groups is 1. The van der Waals surface area contributed by atoms with Crippen LogP contribution in [0.3, 0.4) is 0 Å². The zero-order valence-corrected chi connectivity index (χ0v) is 30.0. The van der Waals surface area contributed by atoms with Crippen LogP contribution >= 0.6 is 0 Å². The van der Waals surface area contributed by atoms with Crippen molar-refractivity contribution in [3.8, 4) is 0 Å². The van der Waals surface area contributed by atoms with Gasteiger partial charge in [-0.2, -0.15) is 0 Å². The highest BCUT2D eigenvalue weighted by Crippen LogP contribution is 2.70. The lowest BCUT2D eigenvalue weighted by Crippen LogP contribution is -2.64. The second-order valence-corrected chi connectivity index (χ2v) is 15.9. The summed E-state index contributed by atoms with van der Waals surface area (Å²) in [5, 5.41) is 12.6. The second kappa shape index (κ2) is 13.8. The molecule has 1 N–H and O–H groups in total. The molecule has 0 bridgehead atoms. The third kappa shape index (κ3) is 6.58. The van der Waals surface area contributed by atoms with Gasteiger partial charge in [-0.3, -0.25) is 19.2 Å². The third-order valence-electron chi connectivity index (χ3n) is 13.2. The Bertz CT molecular complexity index is 1410. The Morgan fingerprint density at radius 3 is 2.14 bits per heavy atom. The molecule has 0 aromatic heterocycles. The molecule has 13 nitrogen and oxygen atoms in total. The summed E-state index contributed by atoms with van der Waals surface area (Å²) in [6.45, 7) is 9.42. The number of cyclic esters (lactones) is 1. The summed E-state index contributed by atoms with van der Waals surface area (Å²) >= 11 is 0. The van der Waals surface area contributed by atoms with Crippen LogP contribution in [-0.2, 0) is 57.1 Å². The van der Waals surface area contributed by atoms with Gasteiger partial charge in [0.15, 0.2) is 24.6 Å². The molecular formula is C37H52O13. The first-order valence-electron chi connectivity index (χ1n) is 18.1. The lowest BCUT2D eigenvalue weighted by atomic mass is 9.43. The molecule has 13 atom stereocenters. The number of ether oxygens (including phenoxy) is 7. The highest BCUT2D eigenvalue weighted by atomic mass is 16.7. The van der Waals surface area contributed by atoms with Crippen LogP contribution in [0.4, 0.5) is 0 Å². The lowest BCUT2D eigenvalue weighted by molar-refractivity contribution is -0.321. The number of carbonyl (C=O) groups is 5. The van der Waals surface area contributed by atoms with Gasteiger partial charge in [0.1, 0.15) is 19.3 Å². The first kappa shape index (κ1) is 36.8. The fourth-order valence-electron chi connectivity index (χ4n) is 11.0. The third-order valence-corrected chi connectivity index (χ3v) is 13.2. The van der Waals surface area contributed by atoms with E-state index < -0.39 is 60.2 Å². The molecule has 13 heteroatoms. The molecule has 4 saturated carbocycles. The number of carbonyl (C=O) groups excluding carboxylic acids is 5. The van der Waals surface area contributed by atoms with Gasteiger partial charge in [-0.25, -0.2) is 4.79 Å². The van der Waals surface area contributed by atoms with Gasteiger partial charge < -0.3 is 38.3 Å². The molecule has 2 aliphatic heterocycles. The summed E-state index contributed by atoms with van der Waals surface area (Å²) in [5.41, 5.74) is -0.132. The minimum absolute atomic E-state index is 0.0229. The van der Waals surface area contributed by atoms with E-state index in [1.807, 2.05) is 0 Å². The van der Waals surface area contributed by atoms with Crippen molar-refractivity contribution in [1.29, 1.82) is 0 Å². The second-order valence-electron chi connectivity index (χ2n) is 15.9. The van der Waals surface area contributed by atoms with Crippen molar-refractivity contribution >= 4 is 29.8 Å². The quantitative estimate of drug-likeness (QED) is 0.221. The Kier molecular flexibility index (Phi) is 10.2. The first-order chi connectivity index (χ1) is 23.6. The van der Waals surface area contributed by atoms with E-state index in [1.165, 1.54) is 27.7 Å². The van der Waals surface area contributed by atoms with E-state index in [9.17, 15) is 29.1 Å². The van der Waals surface area contributed by atoms with Crippen LogP contribution in [0.2, 0.25) is 0 Å². The number of hydrogen-bond donors (Lipinski definition) is 1. The zero-order valence-electron chi connectivity index (χ0n) is 30.0. The number of rotatable bonds is 8. The van der Waals surface area contributed by atoms with Gasteiger partial charge in [0.05, 0.1) is 11.7 Å². The molecule has 5 fully saturated rings. The van der Waals surface area contributed by atoms with Gasteiger partial charge in [0, 0.05) is 39.2 Å². The standard InChI is InChI=1S/C37H52O13/c1-19(38)44-18-29-31(46-20(2)39)32(47-21(3)40)33(48-22(4)41)34(50-29)49-25-9-12-35(5)24(16-25)7-8-28-27(35)10-13-36(6)26(11-14-37(28,36)43)23-15-30(42)45-17-23/h15,24-29,31-34,43H,7-14,16-18H2,1-6H3/t24-,25+,26-,27?,28?,29?,31-,32?,33?,34-,35+,36-,37+/m1/s1. The monoisotopic (exact) mass is 704 g/mol. The maximum Gasteiger partial charge on any atom is 0.331 e. The summed E-state index contributed by atoms with van der Waals surface area (Å²) in [6, 6.07) is 0. The molecule has 0 radical (unpaired) electrons. The van der Waals surface area contributed by atoms with Crippen LogP contribution in [0, 0.1) is 34.5 Å². The van der Waals surface area contributed by atoms with Crippen molar-refractivity contribution in [2.24, 2.45) is 34.5 Å². The molecular weight excluding hydrogens is 652 g/mol. The molecule has 6 aliphatic rings. The van der Waals surface area contributed by atoms with Gasteiger partial charge in [0.25, 0.3) is 0 Å². The summed E-state index contributed by atoms with van der Waals surface area (Å²) in [6.07, 6.45) is 2.85. The van der Waals surface area contributed by atoms with E-state index in [0.717, 1.165) is 56.9 Å². The molecule has 2 heterocycles. The van der Waals surface area contributed by atoms with Crippen LogP contribution in [0.25, 0.3) is 0 Å². The van der Waals surface area contributed by atoms with Crippen LogP contribution in [-0.4, -0.2) is 90.6 Å². The molecule has 5 unspecified atom stereocenters. The fourth-order valence-corrected chi connectivity index (χ4v) is 11.0. The Morgan fingerprint density at radius 2 is 1.50 bits per heavy atom. The molecule has 0 spiro atoms. The van der Waals surface area contributed by atoms with Crippen LogP contribution in [0.15, 0.2) is 11.6 Å². The summed E-state index contributed by atoms with van der Waals surface area (Å²) in [7, 11) is 0. The first-order valence-corrected chi connectivity index (χ1v) is 18.1. The van der Waals surface area contributed by atoms with Crippen molar-refractivity contribution in [3.63, 3.8) is 0 Å². The van der Waals surface area contributed by atoms with Crippen LogP contribution in [0.5, 0.6) is 0 Å². The molecule has 0 aromatic rings. The molecule has 278 valence electrons. The van der Waals surface area contributed by atoms with Crippen molar-refractivity contribution < 1.29 is 62.2 Å². The number of esters is 5. The Morgan fingerprint density at radius 1 is 0.820 bits per heavy atom. The molecule has 50 heavy (non-hydrogen) atoms. The SMILES string of the molecule is CC(=O)OCC1O[C@@H](O[C@H]2CC[C@]3(C)C4CC[C@]5(C)[C@@H](C6=CC(=O)OC6)CC[C@]5(O)C4CC[C@@H]3C2)C(OC(C)=O)C(OC(C)=O)[C@@H]1OC(C)=O. The largest absolute Gasteiger partial charge is 0.463 e. The highest BCUT2D eigenvalue weighted by Gasteiger charge is 2.68. The Hall–Kier alpha value is -3.03. The summed E-state index contributed by atoms with van der Waals surface area (Å²) in [5.74, 6) is -1.99. The predicted octanol–water partition coefficient (Wildman–Crippen LogP) is 3.71. The predicted molar refractivity (Wildman–Crippen MR) is 173 cm³/mol. The molecule has 6 rings (SSSR count). The zero-order chi connectivity index (χ0) is 36.2. The average molecular weight is 705 g/mol. The molecule has 1 saturated heterocycles. The maximum absolute atomic E-state index is 12.6. The Balaban J connectivity index is 1.19. The number of hydrogen-bond acceptors (Lipinski definition) is 13. The van der Waals surface area contributed by atoms with Crippen molar-refractivity contribution in [3.05, 3.63) is 11.6 Å². The molecule has 0 aromatic carbocycles. The van der Waals surface area contributed by atoms with Crippen LogP contribution in [0.1, 0.15) is 99.3 Å². The van der Waals surface area contributed by atoms with Gasteiger partial charge in [0.2, 0.25) is 0 Å². The minimum atomic E-state index is -1.28. The van der Waals surface area contributed by atoms with Gasteiger partial charge >= 0.3 is 29.8 Å². The molecule has 0 amide bonds. The van der Waals surface area contributed by atoms with E-state index in [1.54, 1.807) is 6.08 Å². The lowest BCUT2D eigenvalue weighted by Gasteiger charge is -2.64. The average Bonchev–Trinajstić information content (AvgIpc) is 3.58. The summed E-state index contributed by atoms with van der Waals surface area (Å²) < 4.78 is 40.0. The normalized spacial score (nSPS) is 43.7. The molecule has 4 aliphatic carbocycles. The van der Waals surface area contributed by atoms with Gasteiger partial charge in [-0.05, 0) is 92.4 Å². The smallest absolute Gasteiger partial charge is 0.331 e. The Labute approximate surface area is 293 Å². The van der Waals surface area contributed by atoms with Crippen molar-refractivity contribution in [1.82, 2.24) is 0 Å².